The van der Waals surface area contributed by atoms with Crippen LogP contribution in [0.25, 0.3) is 0 Å². The van der Waals surface area contributed by atoms with E-state index in [2.05, 4.69) is 5.32 Å². The van der Waals surface area contributed by atoms with Crippen molar-refractivity contribution in [2.75, 3.05) is 5.32 Å². The van der Waals surface area contributed by atoms with Gasteiger partial charge in [0.25, 0.3) is 0 Å². The first-order valence-electron chi connectivity index (χ1n) is 4.97. The Kier molecular flexibility index (Phi) is 2.62. The summed E-state index contributed by atoms with van der Waals surface area (Å²) >= 11 is 0. The second-order valence-electron chi connectivity index (χ2n) is 3.81. The predicted molar refractivity (Wildman–Crippen MR) is 58.0 cm³/mol. The number of hydrogen-bond acceptors (Lipinski definition) is 3. The first-order valence-corrected chi connectivity index (χ1v) is 4.97. The molecule has 1 aromatic rings. The van der Waals surface area contributed by atoms with Crippen LogP contribution in [-0.4, -0.2) is 23.0 Å². The van der Waals surface area contributed by atoms with Crippen molar-refractivity contribution in [3.05, 3.63) is 29.8 Å². The molecule has 0 fully saturated rings. The summed E-state index contributed by atoms with van der Waals surface area (Å²) in [6.07, 6.45) is -0.133. The summed E-state index contributed by atoms with van der Waals surface area (Å²) in [6, 6.07) is 6.33. The van der Waals surface area contributed by atoms with E-state index in [0.717, 1.165) is 5.56 Å². The minimum atomic E-state index is -0.954. The second-order valence-corrected chi connectivity index (χ2v) is 3.81. The molecule has 5 heteroatoms. The number of nitrogens with two attached hydrogens (primary N) is 1. The van der Waals surface area contributed by atoms with Crippen LogP contribution in [0, 0.1) is 0 Å². The van der Waals surface area contributed by atoms with Gasteiger partial charge in [-0.15, -0.1) is 0 Å². The molecule has 2 unspecified atom stereocenters. The number of anilines is 1. The molecule has 1 aliphatic heterocycles. The molecule has 1 amide bonds. The SMILES string of the molecule is NC1C(=O)Nc2ccccc2C1CC(=O)O. The third kappa shape index (κ3) is 1.77. The van der Waals surface area contributed by atoms with Gasteiger partial charge >= 0.3 is 5.97 Å². The summed E-state index contributed by atoms with van der Waals surface area (Å²) in [5, 5.41) is 11.5. The van der Waals surface area contributed by atoms with Crippen molar-refractivity contribution < 1.29 is 14.7 Å². The molecule has 2 rings (SSSR count). The fourth-order valence-corrected chi connectivity index (χ4v) is 1.95. The number of para-hydroxylation sites is 1. The molecular formula is C11H12N2O3. The molecule has 0 bridgehead atoms. The van der Waals surface area contributed by atoms with Crippen LogP contribution >= 0.6 is 0 Å². The lowest BCUT2D eigenvalue weighted by molar-refractivity contribution is -0.137. The Labute approximate surface area is 92.3 Å². The molecule has 5 nitrogen and oxygen atoms in total. The predicted octanol–water partition coefficient (Wildman–Crippen LogP) is 0.524. The van der Waals surface area contributed by atoms with E-state index in [-0.39, 0.29) is 12.3 Å². The van der Waals surface area contributed by atoms with Crippen LogP contribution in [0.2, 0.25) is 0 Å². The van der Waals surface area contributed by atoms with E-state index < -0.39 is 17.9 Å². The molecule has 0 spiro atoms. The fraction of sp³-hybridized carbons (Fsp3) is 0.273. The standard InChI is InChI=1S/C11H12N2O3/c12-10-7(5-9(14)15)6-3-1-2-4-8(6)13-11(10)16/h1-4,7,10H,5,12H2,(H,13,16)(H,14,15). The molecule has 0 radical (unpaired) electrons. The maximum atomic E-state index is 11.5. The molecule has 2 atom stereocenters. The lowest BCUT2D eigenvalue weighted by Crippen LogP contribution is -2.45. The highest BCUT2D eigenvalue weighted by atomic mass is 16.4. The largest absolute Gasteiger partial charge is 0.481 e. The van der Waals surface area contributed by atoms with Crippen molar-refractivity contribution in [3.63, 3.8) is 0 Å². The monoisotopic (exact) mass is 220 g/mol. The van der Waals surface area contributed by atoms with Crippen LogP contribution in [0.15, 0.2) is 24.3 Å². The molecule has 0 saturated heterocycles. The first kappa shape index (κ1) is 10.6. The second kappa shape index (κ2) is 3.94. The summed E-state index contributed by atoms with van der Waals surface area (Å²) in [5.74, 6) is -1.74. The van der Waals surface area contributed by atoms with Crippen LogP contribution < -0.4 is 11.1 Å². The molecule has 1 aromatic carbocycles. The number of aliphatic carboxylic acids is 1. The number of rotatable bonds is 2. The van der Waals surface area contributed by atoms with Crippen LogP contribution in [0.5, 0.6) is 0 Å². The number of benzene rings is 1. The highest BCUT2D eigenvalue weighted by Gasteiger charge is 2.34. The molecule has 0 aliphatic carbocycles. The molecular weight excluding hydrogens is 208 g/mol. The van der Waals surface area contributed by atoms with Gasteiger partial charge in [-0.3, -0.25) is 9.59 Å². The fourth-order valence-electron chi connectivity index (χ4n) is 1.95. The molecule has 0 saturated carbocycles. The average Bonchev–Trinajstić information content (AvgIpc) is 2.24. The normalized spacial score (nSPS) is 23.4. The van der Waals surface area contributed by atoms with E-state index in [1.807, 2.05) is 0 Å². The number of carboxylic acid groups (broad SMARTS) is 1. The van der Waals surface area contributed by atoms with E-state index in [1.54, 1.807) is 24.3 Å². The quantitative estimate of drug-likeness (QED) is 0.677. The van der Waals surface area contributed by atoms with Gasteiger partial charge in [0.05, 0.1) is 12.5 Å². The van der Waals surface area contributed by atoms with Gasteiger partial charge in [0, 0.05) is 11.6 Å². The average molecular weight is 220 g/mol. The summed E-state index contributed by atoms with van der Waals surface area (Å²) in [6.45, 7) is 0. The molecule has 16 heavy (non-hydrogen) atoms. The van der Waals surface area contributed by atoms with Gasteiger partial charge in [0.1, 0.15) is 0 Å². The Hall–Kier alpha value is -1.88. The molecule has 1 heterocycles. The van der Waals surface area contributed by atoms with Crippen molar-refractivity contribution >= 4 is 17.6 Å². The van der Waals surface area contributed by atoms with Crippen molar-refractivity contribution in [1.82, 2.24) is 0 Å². The number of hydrogen-bond donors (Lipinski definition) is 3. The molecule has 4 N–H and O–H groups in total. The topological polar surface area (TPSA) is 92.4 Å². The Balaban J connectivity index is 2.41. The van der Waals surface area contributed by atoms with Gasteiger partial charge in [-0.1, -0.05) is 18.2 Å². The zero-order valence-electron chi connectivity index (χ0n) is 8.51. The van der Waals surface area contributed by atoms with E-state index in [9.17, 15) is 9.59 Å². The van der Waals surface area contributed by atoms with E-state index in [0.29, 0.717) is 5.69 Å². The minimum Gasteiger partial charge on any atom is -0.481 e. The van der Waals surface area contributed by atoms with E-state index in [1.165, 1.54) is 0 Å². The van der Waals surface area contributed by atoms with Crippen LogP contribution in [-0.2, 0) is 9.59 Å². The van der Waals surface area contributed by atoms with Gasteiger partial charge in [-0.2, -0.15) is 0 Å². The van der Waals surface area contributed by atoms with Gasteiger partial charge in [-0.25, -0.2) is 0 Å². The number of nitrogens with one attached hydrogen (secondary N) is 1. The van der Waals surface area contributed by atoms with Gasteiger partial charge in [-0.05, 0) is 11.6 Å². The van der Waals surface area contributed by atoms with Crippen molar-refractivity contribution in [3.8, 4) is 0 Å². The van der Waals surface area contributed by atoms with E-state index in [4.69, 9.17) is 10.8 Å². The molecule has 1 aliphatic rings. The third-order valence-electron chi connectivity index (χ3n) is 2.75. The zero-order valence-corrected chi connectivity index (χ0v) is 8.51. The lowest BCUT2D eigenvalue weighted by Gasteiger charge is -2.29. The maximum absolute atomic E-state index is 11.5. The smallest absolute Gasteiger partial charge is 0.304 e. The van der Waals surface area contributed by atoms with E-state index >= 15 is 0 Å². The van der Waals surface area contributed by atoms with Gasteiger partial charge in [0.15, 0.2) is 0 Å². The van der Waals surface area contributed by atoms with Gasteiger partial charge in [0.2, 0.25) is 5.91 Å². The number of carboxylic acids is 1. The number of fused-ring (bicyclic) bond motifs is 1. The maximum Gasteiger partial charge on any atom is 0.304 e. The number of carbonyl (C=O) groups is 2. The van der Waals surface area contributed by atoms with Crippen molar-refractivity contribution in [1.29, 1.82) is 0 Å². The highest BCUT2D eigenvalue weighted by molar-refractivity contribution is 5.99. The Bertz CT molecular complexity index is 445. The van der Waals surface area contributed by atoms with Crippen LogP contribution in [0.4, 0.5) is 5.69 Å². The Morgan fingerprint density at radius 3 is 2.81 bits per heavy atom. The Morgan fingerprint density at radius 1 is 1.44 bits per heavy atom. The summed E-state index contributed by atoms with van der Waals surface area (Å²) in [4.78, 5) is 22.3. The Morgan fingerprint density at radius 2 is 2.12 bits per heavy atom. The lowest BCUT2D eigenvalue weighted by atomic mass is 9.84. The van der Waals surface area contributed by atoms with Crippen molar-refractivity contribution in [2.24, 2.45) is 5.73 Å². The summed E-state index contributed by atoms with van der Waals surface area (Å²) in [7, 11) is 0. The van der Waals surface area contributed by atoms with Crippen LogP contribution in [0.1, 0.15) is 17.9 Å². The highest BCUT2D eigenvalue weighted by Crippen LogP contribution is 2.33. The number of amides is 1. The van der Waals surface area contributed by atoms with Crippen LogP contribution in [0.3, 0.4) is 0 Å². The zero-order chi connectivity index (χ0) is 11.7. The summed E-state index contributed by atoms with van der Waals surface area (Å²) < 4.78 is 0. The van der Waals surface area contributed by atoms with Gasteiger partial charge < -0.3 is 16.2 Å². The minimum absolute atomic E-state index is 0.133. The molecule has 0 aromatic heterocycles. The third-order valence-corrected chi connectivity index (χ3v) is 2.75. The van der Waals surface area contributed by atoms with Crippen molar-refractivity contribution in [2.45, 2.75) is 18.4 Å². The first-order chi connectivity index (χ1) is 7.59. The summed E-state index contributed by atoms with van der Waals surface area (Å²) in [5.41, 5.74) is 7.15. The number of carbonyl (C=O) groups excluding carboxylic acids is 1. The molecule has 84 valence electrons.